The molecule has 0 fully saturated rings. The van der Waals surface area contributed by atoms with Crippen molar-refractivity contribution >= 4 is 11.6 Å². The van der Waals surface area contributed by atoms with E-state index in [1.165, 1.54) is 12.1 Å². The standard InChI is InChI=1S/C21H19FN2O2/c1-26-19-11-9-17(10-12-19)24-21(25)20(14-18-4-2-3-13-23-18)15-5-7-16(22)8-6-15/h2-13,20H,14H2,1H3,(H,24,25). The Morgan fingerprint density at radius 3 is 2.42 bits per heavy atom. The molecule has 0 aliphatic carbocycles. The maximum atomic E-state index is 13.3. The van der Waals surface area contributed by atoms with E-state index >= 15 is 0 Å². The van der Waals surface area contributed by atoms with E-state index in [0.717, 1.165) is 11.3 Å². The van der Waals surface area contributed by atoms with Gasteiger partial charge in [-0.1, -0.05) is 18.2 Å². The first kappa shape index (κ1) is 17.6. The van der Waals surface area contributed by atoms with Crippen LogP contribution in [0.15, 0.2) is 72.9 Å². The Labute approximate surface area is 151 Å². The molecule has 3 rings (SSSR count). The first-order valence-corrected chi connectivity index (χ1v) is 8.26. The maximum absolute atomic E-state index is 13.3. The topological polar surface area (TPSA) is 51.2 Å². The van der Waals surface area contributed by atoms with Crippen molar-refractivity contribution in [2.24, 2.45) is 0 Å². The minimum Gasteiger partial charge on any atom is -0.497 e. The summed E-state index contributed by atoms with van der Waals surface area (Å²) in [5.41, 5.74) is 2.21. The molecule has 0 radical (unpaired) electrons. The van der Waals surface area contributed by atoms with Crippen molar-refractivity contribution in [3.05, 3.63) is 90.0 Å². The lowest BCUT2D eigenvalue weighted by Crippen LogP contribution is -2.23. The van der Waals surface area contributed by atoms with Gasteiger partial charge in [-0.2, -0.15) is 0 Å². The highest BCUT2D eigenvalue weighted by Crippen LogP contribution is 2.24. The van der Waals surface area contributed by atoms with Gasteiger partial charge in [-0.15, -0.1) is 0 Å². The van der Waals surface area contributed by atoms with Crippen LogP contribution < -0.4 is 10.1 Å². The third-order valence-corrected chi connectivity index (χ3v) is 4.09. The summed E-state index contributed by atoms with van der Waals surface area (Å²) in [6.07, 6.45) is 2.12. The molecular weight excluding hydrogens is 331 g/mol. The van der Waals surface area contributed by atoms with Gasteiger partial charge in [0.05, 0.1) is 13.0 Å². The van der Waals surface area contributed by atoms with Gasteiger partial charge in [-0.3, -0.25) is 9.78 Å². The van der Waals surface area contributed by atoms with Crippen molar-refractivity contribution in [2.75, 3.05) is 12.4 Å². The normalized spacial score (nSPS) is 11.6. The van der Waals surface area contributed by atoms with Gasteiger partial charge in [0.15, 0.2) is 0 Å². The van der Waals surface area contributed by atoms with E-state index < -0.39 is 5.92 Å². The minimum atomic E-state index is -0.479. The zero-order valence-corrected chi connectivity index (χ0v) is 14.4. The molecule has 0 aliphatic heterocycles. The summed E-state index contributed by atoms with van der Waals surface area (Å²) in [6, 6.07) is 18.7. The van der Waals surface area contributed by atoms with Crippen LogP contribution in [0.2, 0.25) is 0 Å². The summed E-state index contributed by atoms with van der Waals surface area (Å²) in [6.45, 7) is 0. The van der Waals surface area contributed by atoms with E-state index in [9.17, 15) is 9.18 Å². The Kier molecular flexibility index (Phi) is 5.59. The smallest absolute Gasteiger partial charge is 0.232 e. The molecular formula is C21H19FN2O2. The predicted molar refractivity (Wildman–Crippen MR) is 98.7 cm³/mol. The molecule has 132 valence electrons. The first-order valence-electron chi connectivity index (χ1n) is 8.26. The van der Waals surface area contributed by atoms with Crippen LogP contribution in [-0.4, -0.2) is 18.0 Å². The Balaban J connectivity index is 1.83. The lowest BCUT2D eigenvalue weighted by Gasteiger charge is -2.17. The Morgan fingerprint density at radius 1 is 1.08 bits per heavy atom. The van der Waals surface area contributed by atoms with Crippen LogP contribution >= 0.6 is 0 Å². The molecule has 1 aromatic heterocycles. The van der Waals surface area contributed by atoms with Crippen LogP contribution in [0.4, 0.5) is 10.1 Å². The van der Waals surface area contributed by atoms with Crippen LogP contribution in [0.5, 0.6) is 5.75 Å². The van der Waals surface area contributed by atoms with E-state index in [-0.39, 0.29) is 11.7 Å². The fraction of sp³-hybridized carbons (Fsp3) is 0.143. The Bertz CT molecular complexity index is 849. The number of carbonyl (C=O) groups excluding carboxylic acids is 1. The number of carbonyl (C=O) groups is 1. The molecule has 0 aliphatic rings. The van der Waals surface area contributed by atoms with Gasteiger partial charge in [0.1, 0.15) is 11.6 Å². The summed E-state index contributed by atoms with van der Waals surface area (Å²) in [4.78, 5) is 17.2. The van der Waals surface area contributed by atoms with Crippen molar-refractivity contribution in [1.82, 2.24) is 4.98 Å². The maximum Gasteiger partial charge on any atom is 0.232 e. The highest BCUT2D eigenvalue weighted by Gasteiger charge is 2.22. The molecule has 0 spiro atoms. The number of benzene rings is 2. The minimum absolute atomic E-state index is 0.174. The zero-order chi connectivity index (χ0) is 18.4. The molecule has 1 atom stereocenters. The summed E-state index contributed by atoms with van der Waals surface area (Å²) >= 11 is 0. The predicted octanol–water partition coefficient (Wildman–Crippen LogP) is 4.19. The number of hydrogen-bond donors (Lipinski definition) is 1. The van der Waals surface area contributed by atoms with Crippen LogP contribution in [0, 0.1) is 5.82 Å². The van der Waals surface area contributed by atoms with Crippen molar-refractivity contribution < 1.29 is 13.9 Å². The molecule has 2 aromatic carbocycles. The fourth-order valence-electron chi connectivity index (χ4n) is 2.69. The molecule has 0 saturated heterocycles. The van der Waals surface area contributed by atoms with Gasteiger partial charge >= 0.3 is 0 Å². The van der Waals surface area contributed by atoms with Gasteiger partial charge < -0.3 is 10.1 Å². The first-order chi connectivity index (χ1) is 12.7. The monoisotopic (exact) mass is 350 g/mol. The number of pyridine rings is 1. The molecule has 3 aromatic rings. The number of halogens is 1. The highest BCUT2D eigenvalue weighted by molar-refractivity contribution is 5.96. The van der Waals surface area contributed by atoms with Crippen molar-refractivity contribution in [1.29, 1.82) is 0 Å². The molecule has 4 nitrogen and oxygen atoms in total. The summed E-state index contributed by atoms with van der Waals surface area (Å²) in [5.74, 6) is -0.271. The number of nitrogens with one attached hydrogen (secondary N) is 1. The molecule has 1 amide bonds. The average molecular weight is 350 g/mol. The number of aromatic nitrogens is 1. The number of amides is 1. The average Bonchev–Trinajstić information content (AvgIpc) is 2.68. The number of ether oxygens (including phenoxy) is 1. The van der Waals surface area contributed by atoms with Gasteiger partial charge in [0.25, 0.3) is 0 Å². The number of hydrogen-bond acceptors (Lipinski definition) is 3. The number of rotatable bonds is 6. The Hall–Kier alpha value is -3.21. The van der Waals surface area contributed by atoms with Gasteiger partial charge in [0, 0.05) is 24.0 Å². The number of methoxy groups -OCH3 is 1. The van der Waals surface area contributed by atoms with E-state index in [4.69, 9.17) is 4.74 Å². The number of anilines is 1. The second kappa shape index (κ2) is 8.25. The third-order valence-electron chi connectivity index (χ3n) is 4.09. The molecule has 1 unspecified atom stereocenters. The van der Waals surface area contributed by atoms with E-state index in [1.807, 2.05) is 18.2 Å². The van der Waals surface area contributed by atoms with Crippen molar-refractivity contribution in [3.8, 4) is 5.75 Å². The summed E-state index contributed by atoms with van der Waals surface area (Å²) in [5, 5.41) is 2.91. The molecule has 0 bridgehead atoms. The molecule has 5 heteroatoms. The molecule has 1 N–H and O–H groups in total. The SMILES string of the molecule is COc1ccc(NC(=O)C(Cc2ccccn2)c2ccc(F)cc2)cc1. The fourth-order valence-corrected chi connectivity index (χ4v) is 2.69. The van der Waals surface area contributed by atoms with Gasteiger partial charge in [-0.25, -0.2) is 4.39 Å². The number of nitrogens with zero attached hydrogens (tertiary/aromatic N) is 1. The van der Waals surface area contributed by atoms with Crippen LogP contribution in [-0.2, 0) is 11.2 Å². The van der Waals surface area contributed by atoms with Crippen LogP contribution in [0.25, 0.3) is 0 Å². The molecule has 1 heterocycles. The molecule has 0 saturated carbocycles. The van der Waals surface area contributed by atoms with Gasteiger partial charge in [0.2, 0.25) is 5.91 Å². The van der Waals surface area contributed by atoms with Crippen LogP contribution in [0.1, 0.15) is 17.2 Å². The van der Waals surface area contributed by atoms with Gasteiger partial charge in [-0.05, 0) is 54.1 Å². The van der Waals surface area contributed by atoms with E-state index in [0.29, 0.717) is 17.9 Å². The highest BCUT2D eigenvalue weighted by atomic mass is 19.1. The summed E-state index contributed by atoms with van der Waals surface area (Å²) in [7, 11) is 1.59. The lowest BCUT2D eigenvalue weighted by molar-refractivity contribution is -0.117. The second-order valence-electron chi connectivity index (χ2n) is 5.85. The second-order valence-corrected chi connectivity index (χ2v) is 5.85. The quantitative estimate of drug-likeness (QED) is 0.725. The summed E-state index contributed by atoms with van der Waals surface area (Å²) < 4.78 is 18.4. The largest absolute Gasteiger partial charge is 0.497 e. The molecule has 26 heavy (non-hydrogen) atoms. The van der Waals surface area contributed by atoms with E-state index in [1.54, 1.807) is 49.7 Å². The van der Waals surface area contributed by atoms with Crippen molar-refractivity contribution in [2.45, 2.75) is 12.3 Å². The zero-order valence-electron chi connectivity index (χ0n) is 14.4. The third kappa shape index (κ3) is 4.45. The Morgan fingerprint density at radius 2 is 1.81 bits per heavy atom. The van der Waals surface area contributed by atoms with Crippen molar-refractivity contribution in [3.63, 3.8) is 0 Å². The van der Waals surface area contributed by atoms with Crippen LogP contribution in [0.3, 0.4) is 0 Å². The van der Waals surface area contributed by atoms with E-state index in [2.05, 4.69) is 10.3 Å². The lowest BCUT2D eigenvalue weighted by atomic mass is 9.93.